The second-order valence-corrected chi connectivity index (χ2v) is 6.57. The van der Waals surface area contributed by atoms with E-state index in [0.717, 1.165) is 22.5 Å². The topological polar surface area (TPSA) is 28.3 Å². The van der Waals surface area contributed by atoms with Crippen LogP contribution in [0.15, 0.2) is 90.7 Å². The number of nitrogens with zero attached hydrogens (tertiary/aromatic N) is 2. The average molecular weight is 369 g/mol. The molecule has 0 bridgehead atoms. The van der Waals surface area contributed by atoms with Gasteiger partial charge in [-0.15, -0.1) is 0 Å². The first-order valence-corrected chi connectivity index (χ1v) is 9.38. The highest BCUT2D eigenvalue weighted by Gasteiger charge is 2.13. The molecule has 0 aliphatic heterocycles. The number of hydrogen-bond donors (Lipinski definition) is 1. The second-order valence-electron chi connectivity index (χ2n) is 6.57. The zero-order valence-electron chi connectivity index (χ0n) is 16.5. The first-order valence-electron chi connectivity index (χ1n) is 9.38. The minimum atomic E-state index is 0.551. The Morgan fingerprint density at radius 1 is 1.00 bits per heavy atom. The summed E-state index contributed by atoms with van der Waals surface area (Å²) < 4.78 is 2.13. The number of benzene rings is 2. The van der Waals surface area contributed by atoms with E-state index in [4.69, 9.17) is 0 Å². The fourth-order valence-corrected chi connectivity index (χ4v) is 3.04. The predicted molar refractivity (Wildman–Crippen MR) is 119 cm³/mol. The molecule has 0 saturated heterocycles. The lowest BCUT2D eigenvalue weighted by Gasteiger charge is -2.07. The summed E-state index contributed by atoms with van der Waals surface area (Å²) in [6, 6.07) is 20.7. The van der Waals surface area contributed by atoms with E-state index >= 15 is 0 Å². The Kier molecular flexibility index (Phi) is 6.53. The van der Waals surface area contributed by atoms with Gasteiger partial charge in [0.1, 0.15) is 0 Å². The molecule has 2 aromatic carbocycles. The molecule has 1 aromatic heterocycles. The molecule has 0 fully saturated rings. The van der Waals surface area contributed by atoms with Crippen molar-refractivity contribution in [2.24, 2.45) is 4.99 Å². The third-order valence-corrected chi connectivity index (χ3v) is 4.76. The maximum Gasteiger partial charge on any atom is 0.241 e. The smallest absolute Gasteiger partial charge is 0.241 e. The lowest BCUT2D eigenvalue weighted by Crippen LogP contribution is -2.35. The average Bonchev–Trinajstić information content (AvgIpc) is 2.73. The van der Waals surface area contributed by atoms with Gasteiger partial charge in [0.25, 0.3) is 0 Å². The number of hydrogen-bond acceptors (Lipinski definition) is 2. The third kappa shape index (κ3) is 4.63. The molecule has 1 N–H and O–H groups in total. The molecule has 3 aromatic rings. The van der Waals surface area contributed by atoms with Crippen LogP contribution in [0.5, 0.6) is 0 Å². The van der Waals surface area contributed by atoms with Crippen molar-refractivity contribution >= 4 is 18.0 Å². The number of aromatic nitrogens is 1. The monoisotopic (exact) mass is 368 g/mol. The van der Waals surface area contributed by atoms with Crippen LogP contribution in [-0.2, 0) is 6.67 Å². The number of aryl methyl sites for hydroxylation is 1. The van der Waals surface area contributed by atoms with Crippen LogP contribution in [0.4, 0.5) is 5.69 Å². The van der Waals surface area contributed by atoms with Gasteiger partial charge in [-0.3, -0.25) is 0 Å². The molecule has 1 heterocycles. The summed E-state index contributed by atoms with van der Waals surface area (Å²) in [5, 5.41) is 3.32. The van der Waals surface area contributed by atoms with Crippen LogP contribution >= 0.6 is 0 Å². The van der Waals surface area contributed by atoms with E-state index in [1.54, 1.807) is 0 Å². The molecule has 3 nitrogen and oxygen atoms in total. The Labute approximate surface area is 167 Å². The first-order chi connectivity index (χ1) is 13.7. The molecule has 0 spiro atoms. The zero-order chi connectivity index (χ0) is 19.8. The van der Waals surface area contributed by atoms with Crippen molar-refractivity contribution in [1.82, 2.24) is 0 Å². The highest BCUT2D eigenvalue weighted by atomic mass is 15.1. The van der Waals surface area contributed by atoms with Crippen LogP contribution in [0.3, 0.4) is 0 Å². The van der Waals surface area contributed by atoms with Gasteiger partial charge in [-0.1, -0.05) is 43.0 Å². The Bertz CT molecular complexity index is 1020. The quantitative estimate of drug-likeness (QED) is 0.429. The Balaban J connectivity index is 1.68. The van der Waals surface area contributed by atoms with Crippen molar-refractivity contribution in [2.45, 2.75) is 20.5 Å². The van der Waals surface area contributed by atoms with Gasteiger partial charge >= 0.3 is 0 Å². The van der Waals surface area contributed by atoms with Gasteiger partial charge in [-0.05, 0) is 54.8 Å². The summed E-state index contributed by atoms with van der Waals surface area (Å²) in [5.74, 6) is 0. The lowest BCUT2D eigenvalue weighted by molar-refractivity contribution is -0.684. The summed E-state index contributed by atoms with van der Waals surface area (Å²) in [5.41, 5.74) is 7.04. The summed E-state index contributed by atoms with van der Waals surface area (Å²) in [6.45, 7) is 8.71. The number of pyridine rings is 1. The molecule has 0 aliphatic rings. The highest BCUT2D eigenvalue weighted by molar-refractivity contribution is 5.72. The molecule has 3 rings (SSSR count). The number of aliphatic imine (C=N–C) groups is 1. The second kappa shape index (κ2) is 9.47. The largest absolute Gasteiger partial charge is 0.361 e. The molecule has 140 valence electrons. The first kappa shape index (κ1) is 19.3. The van der Waals surface area contributed by atoms with E-state index < -0.39 is 0 Å². The van der Waals surface area contributed by atoms with Crippen molar-refractivity contribution in [3.05, 3.63) is 102 Å². The Hall–Kier alpha value is -3.46. The number of rotatable bonds is 7. The molecule has 0 amide bonds. The Morgan fingerprint density at radius 2 is 1.82 bits per heavy atom. The number of allylic oxidation sites excluding steroid dienone is 1. The molecule has 0 atom stereocenters. The van der Waals surface area contributed by atoms with Crippen LogP contribution in [0.1, 0.15) is 16.7 Å². The maximum absolute atomic E-state index is 4.54. The van der Waals surface area contributed by atoms with Crippen molar-refractivity contribution < 1.29 is 4.57 Å². The van der Waals surface area contributed by atoms with Crippen LogP contribution in [-0.4, -0.2) is 6.21 Å². The van der Waals surface area contributed by atoms with Gasteiger partial charge < -0.3 is 5.32 Å². The third-order valence-electron chi connectivity index (χ3n) is 4.76. The van der Waals surface area contributed by atoms with E-state index in [2.05, 4.69) is 71.7 Å². The van der Waals surface area contributed by atoms with Gasteiger partial charge in [0.05, 0.1) is 5.56 Å². The number of nitrogens with one attached hydrogen (secondary N) is 1. The molecule has 0 aliphatic carbocycles. The summed E-state index contributed by atoms with van der Waals surface area (Å²) in [7, 11) is 0. The van der Waals surface area contributed by atoms with E-state index in [9.17, 15) is 0 Å². The van der Waals surface area contributed by atoms with Gasteiger partial charge in [0, 0.05) is 30.2 Å². The molecule has 0 unspecified atom stereocenters. The standard InChI is InChI=1S/C25H26N3/c1-4-22-12-5-6-13-23(22)25-15-7-8-18-28(25)19-26-16-10-17-27-24-14-9-11-20(2)21(24)3/h4-18,27H,1,19H2,2-3H3/q+1/b17-10-,26-16+. The minimum absolute atomic E-state index is 0.551. The fourth-order valence-electron chi connectivity index (χ4n) is 3.04. The lowest BCUT2D eigenvalue weighted by atomic mass is 10.0. The molecule has 28 heavy (non-hydrogen) atoms. The van der Waals surface area contributed by atoms with Crippen molar-refractivity contribution in [3.63, 3.8) is 0 Å². The zero-order valence-corrected chi connectivity index (χ0v) is 16.5. The van der Waals surface area contributed by atoms with Gasteiger partial charge in [0.15, 0.2) is 6.20 Å². The van der Waals surface area contributed by atoms with Crippen molar-refractivity contribution in [3.8, 4) is 11.3 Å². The van der Waals surface area contributed by atoms with Crippen molar-refractivity contribution in [1.29, 1.82) is 0 Å². The van der Waals surface area contributed by atoms with E-state index in [1.165, 1.54) is 11.1 Å². The Morgan fingerprint density at radius 3 is 2.68 bits per heavy atom. The van der Waals surface area contributed by atoms with Crippen LogP contribution in [0, 0.1) is 13.8 Å². The maximum atomic E-state index is 4.54. The highest BCUT2D eigenvalue weighted by Crippen LogP contribution is 2.21. The van der Waals surface area contributed by atoms with Gasteiger partial charge in [0.2, 0.25) is 12.4 Å². The van der Waals surface area contributed by atoms with E-state index in [-0.39, 0.29) is 0 Å². The van der Waals surface area contributed by atoms with Crippen molar-refractivity contribution in [2.75, 3.05) is 5.32 Å². The predicted octanol–water partition coefficient (Wildman–Crippen LogP) is 5.56. The minimum Gasteiger partial charge on any atom is -0.361 e. The van der Waals surface area contributed by atoms with Crippen LogP contribution < -0.4 is 9.88 Å². The summed E-state index contributed by atoms with van der Waals surface area (Å²) in [6.07, 6.45) is 9.58. The van der Waals surface area contributed by atoms with Crippen LogP contribution in [0.25, 0.3) is 17.3 Å². The molecule has 0 radical (unpaired) electrons. The number of anilines is 1. The van der Waals surface area contributed by atoms with E-state index in [1.807, 2.05) is 55.0 Å². The fraction of sp³-hybridized carbons (Fsp3) is 0.120. The molecule has 0 saturated carbocycles. The molecular formula is C25H26N3+. The molecule has 3 heteroatoms. The SMILES string of the molecule is C=Cc1ccccc1-c1cccc[n+]1C/N=C/C=C\Nc1cccc(C)c1C. The summed E-state index contributed by atoms with van der Waals surface area (Å²) >= 11 is 0. The van der Waals surface area contributed by atoms with Crippen LogP contribution in [0.2, 0.25) is 0 Å². The van der Waals surface area contributed by atoms with Gasteiger partial charge in [-0.25, -0.2) is 4.99 Å². The van der Waals surface area contributed by atoms with Gasteiger partial charge in [-0.2, -0.15) is 4.57 Å². The normalized spacial score (nSPS) is 11.2. The molecular weight excluding hydrogens is 342 g/mol. The summed E-state index contributed by atoms with van der Waals surface area (Å²) in [4.78, 5) is 4.54. The van der Waals surface area contributed by atoms with E-state index in [0.29, 0.717) is 6.67 Å².